The molecule has 182 valence electrons. The lowest BCUT2D eigenvalue weighted by Gasteiger charge is -2.37. The molecule has 1 aliphatic rings. The Morgan fingerprint density at radius 3 is 2.65 bits per heavy atom. The van der Waals surface area contributed by atoms with Crippen LogP contribution >= 0.6 is 0 Å². The Kier molecular flexibility index (Phi) is 7.62. The summed E-state index contributed by atoms with van der Waals surface area (Å²) in [6, 6.07) is 8.23. The lowest BCUT2D eigenvalue weighted by molar-refractivity contribution is -0.0245. The van der Waals surface area contributed by atoms with Gasteiger partial charge < -0.3 is 14.5 Å². The van der Waals surface area contributed by atoms with Gasteiger partial charge in [-0.1, -0.05) is 44.1 Å². The Labute approximate surface area is 200 Å². The van der Waals surface area contributed by atoms with Crippen LogP contribution < -0.4 is 11.0 Å². The summed E-state index contributed by atoms with van der Waals surface area (Å²) in [5.41, 5.74) is 9.53. The average Bonchev–Trinajstić information content (AvgIpc) is 3.17. The van der Waals surface area contributed by atoms with Gasteiger partial charge in [-0.2, -0.15) is 4.98 Å². The maximum Gasteiger partial charge on any atom is 0.351 e. The molecule has 3 atom stereocenters. The molecule has 1 aliphatic heterocycles. The first-order valence-corrected chi connectivity index (χ1v) is 14.1. The number of carbonyl (C=O) groups is 1. The second-order valence-electron chi connectivity index (χ2n) is 9.99. The van der Waals surface area contributed by atoms with Crippen LogP contribution in [0.2, 0.25) is 18.1 Å². The molecular formula is C23H32N6O4Si. The van der Waals surface area contributed by atoms with Gasteiger partial charge in [0.05, 0.1) is 18.8 Å². The SMILES string of the molecule is Cc1cn([C@H]2C[C@@H](N=[N+]=[N-])[C@@H](CO[Si](C)(C)C(C)(C)C)O2)c(=O)nc1NC(=O)c1ccccc1. The number of amides is 1. The Morgan fingerprint density at radius 1 is 1.35 bits per heavy atom. The summed E-state index contributed by atoms with van der Waals surface area (Å²) in [4.78, 5) is 32.3. The lowest BCUT2D eigenvalue weighted by Crippen LogP contribution is -2.43. The summed E-state index contributed by atoms with van der Waals surface area (Å²) in [5.74, 6) is -0.158. The van der Waals surface area contributed by atoms with Gasteiger partial charge in [0.15, 0.2) is 8.32 Å². The van der Waals surface area contributed by atoms with Gasteiger partial charge in [-0.15, -0.1) is 0 Å². The van der Waals surface area contributed by atoms with Crippen molar-refractivity contribution in [2.75, 3.05) is 11.9 Å². The van der Waals surface area contributed by atoms with Gasteiger partial charge in [0.1, 0.15) is 12.0 Å². The van der Waals surface area contributed by atoms with Crippen molar-refractivity contribution in [3.63, 3.8) is 0 Å². The molecule has 3 rings (SSSR count). The van der Waals surface area contributed by atoms with Crippen molar-refractivity contribution in [1.82, 2.24) is 9.55 Å². The van der Waals surface area contributed by atoms with E-state index in [-0.39, 0.29) is 23.4 Å². The summed E-state index contributed by atoms with van der Waals surface area (Å²) in [5, 5.41) is 6.60. The zero-order valence-corrected chi connectivity index (χ0v) is 21.5. The molecule has 1 N–H and O–H groups in total. The normalized spacial score (nSPS) is 20.6. The second kappa shape index (κ2) is 10.1. The van der Waals surface area contributed by atoms with Gasteiger partial charge >= 0.3 is 5.69 Å². The highest BCUT2D eigenvalue weighted by Gasteiger charge is 2.41. The highest BCUT2D eigenvalue weighted by molar-refractivity contribution is 6.74. The Bertz CT molecular complexity index is 1140. The van der Waals surface area contributed by atoms with E-state index < -0.39 is 32.4 Å². The number of carbonyl (C=O) groups excluding carboxylic acids is 1. The van der Waals surface area contributed by atoms with Gasteiger partial charge in [0.25, 0.3) is 5.91 Å². The summed E-state index contributed by atoms with van der Waals surface area (Å²) in [7, 11) is -2.03. The first-order chi connectivity index (χ1) is 15.9. The van der Waals surface area contributed by atoms with E-state index in [2.05, 4.69) is 54.2 Å². The van der Waals surface area contributed by atoms with E-state index in [9.17, 15) is 9.59 Å². The molecule has 34 heavy (non-hydrogen) atoms. The third-order valence-corrected chi connectivity index (χ3v) is 11.0. The van der Waals surface area contributed by atoms with Gasteiger partial charge in [0, 0.05) is 28.7 Å². The number of nitrogens with one attached hydrogen (secondary N) is 1. The third kappa shape index (κ3) is 5.74. The minimum absolute atomic E-state index is 0.0248. The van der Waals surface area contributed by atoms with Gasteiger partial charge in [-0.25, -0.2) is 4.79 Å². The maximum absolute atomic E-state index is 12.8. The van der Waals surface area contributed by atoms with Crippen molar-refractivity contribution >= 4 is 20.0 Å². The molecule has 0 bridgehead atoms. The highest BCUT2D eigenvalue weighted by atomic mass is 28.4. The number of rotatable bonds is 7. The Morgan fingerprint density at radius 2 is 2.03 bits per heavy atom. The van der Waals surface area contributed by atoms with E-state index in [1.54, 1.807) is 37.4 Å². The number of ether oxygens (including phenoxy) is 1. The molecule has 0 radical (unpaired) electrons. The number of benzene rings is 1. The summed E-state index contributed by atoms with van der Waals surface area (Å²) in [6.45, 7) is 12.8. The van der Waals surface area contributed by atoms with E-state index in [0.29, 0.717) is 17.5 Å². The average molecular weight is 485 g/mol. The highest BCUT2D eigenvalue weighted by Crippen LogP contribution is 2.38. The van der Waals surface area contributed by atoms with Crippen molar-refractivity contribution in [2.45, 2.75) is 70.6 Å². The molecule has 0 unspecified atom stereocenters. The van der Waals surface area contributed by atoms with Crippen molar-refractivity contribution in [1.29, 1.82) is 0 Å². The lowest BCUT2D eigenvalue weighted by atomic mass is 10.1. The zero-order valence-electron chi connectivity index (χ0n) is 20.5. The fourth-order valence-electron chi connectivity index (χ4n) is 3.40. The van der Waals surface area contributed by atoms with Crippen LogP contribution in [0.5, 0.6) is 0 Å². The number of anilines is 1. The van der Waals surface area contributed by atoms with Crippen LogP contribution in [-0.2, 0) is 9.16 Å². The van der Waals surface area contributed by atoms with Gasteiger partial charge in [-0.3, -0.25) is 9.36 Å². The van der Waals surface area contributed by atoms with Crippen LogP contribution in [0, 0.1) is 6.92 Å². The quantitative estimate of drug-likeness (QED) is 0.261. The molecule has 10 nitrogen and oxygen atoms in total. The van der Waals surface area contributed by atoms with Crippen molar-refractivity contribution in [3.05, 3.63) is 68.6 Å². The Hall–Kier alpha value is -2.98. The number of hydrogen-bond donors (Lipinski definition) is 1. The summed E-state index contributed by atoms with van der Waals surface area (Å²) >= 11 is 0. The van der Waals surface area contributed by atoms with Crippen LogP contribution in [0.25, 0.3) is 10.4 Å². The van der Waals surface area contributed by atoms with E-state index >= 15 is 0 Å². The van der Waals surface area contributed by atoms with Gasteiger partial charge in [0.2, 0.25) is 0 Å². The standard InChI is InChI=1S/C23H32N6O4Si/c1-15-13-29(22(31)26-20(15)25-21(30)16-10-8-7-9-11-16)19-12-17(27-28-24)18(33-19)14-32-34(5,6)23(2,3)4/h7-11,13,17-19H,12,14H2,1-6H3,(H,25,26,30,31)/t17-,18-,19-/m1/s1. The number of nitrogens with zero attached hydrogens (tertiary/aromatic N) is 5. The molecule has 2 heterocycles. The molecule has 0 aliphatic carbocycles. The molecule has 0 saturated carbocycles. The molecule has 11 heteroatoms. The number of aryl methyl sites for hydroxylation is 1. The molecule has 0 spiro atoms. The van der Waals surface area contributed by atoms with Crippen molar-refractivity contribution < 1.29 is 14.0 Å². The number of aromatic nitrogens is 2. The predicted octanol–water partition coefficient (Wildman–Crippen LogP) is 4.79. The molecule has 1 aromatic carbocycles. The summed E-state index contributed by atoms with van der Waals surface area (Å²) < 4.78 is 13.8. The molecule has 1 amide bonds. The fraction of sp³-hybridized carbons (Fsp3) is 0.522. The van der Waals surface area contributed by atoms with Gasteiger partial charge in [-0.05, 0) is 42.7 Å². The largest absolute Gasteiger partial charge is 0.414 e. The molecule has 1 fully saturated rings. The third-order valence-electron chi connectivity index (χ3n) is 6.53. The first kappa shape index (κ1) is 25.6. The minimum atomic E-state index is -2.03. The van der Waals surface area contributed by atoms with Crippen LogP contribution in [0.3, 0.4) is 0 Å². The topological polar surface area (TPSA) is 131 Å². The van der Waals surface area contributed by atoms with Crippen LogP contribution in [0.15, 0.2) is 46.4 Å². The minimum Gasteiger partial charge on any atom is -0.414 e. The molecule has 1 aromatic heterocycles. The number of azide groups is 1. The summed E-state index contributed by atoms with van der Waals surface area (Å²) in [6.07, 6.45) is 0.803. The number of hydrogen-bond acceptors (Lipinski definition) is 6. The van der Waals surface area contributed by atoms with Crippen molar-refractivity contribution in [2.24, 2.45) is 5.11 Å². The van der Waals surface area contributed by atoms with E-state index in [1.807, 2.05) is 6.07 Å². The maximum atomic E-state index is 12.8. The smallest absolute Gasteiger partial charge is 0.351 e. The molecular weight excluding hydrogens is 452 g/mol. The second-order valence-corrected chi connectivity index (χ2v) is 14.8. The van der Waals surface area contributed by atoms with Crippen LogP contribution in [-0.4, -0.2) is 42.5 Å². The van der Waals surface area contributed by atoms with E-state index in [0.717, 1.165) is 0 Å². The zero-order chi connectivity index (χ0) is 25.1. The van der Waals surface area contributed by atoms with E-state index in [4.69, 9.17) is 14.7 Å². The Balaban J connectivity index is 1.77. The van der Waals surface area contributed by atoms with Crippen LogP contribution in [0.1, 0.15) is 49.3 Å². The molecule has 2 aromatic rings. The molecule has 1 saturated heterocycles. The van der Waals surface area contributed by atoms with E-state index in [1.165, 1.54) is 4.57 Å². The first-order valence-electron chi connectivity index (χ1n) is 11.2. The fourth-order valence-corrected chi connectivity index (χ4v) is 4.41. The van der Waals surface area contributed by atoms with Crippen molar-refractivity contribution in [3.8, 4) is 0 Å². The predicted molar refractivity (Wildman–Crippen MR) is 132 cm³/mol. The van der Waals surface area contributed by atoms with Crippen LogP contribution in [0.4, 0.5) is 5.82 Å². The monoisotopic (exact) mass is 484 g/mol.